The number of carbonyl (C=O) groups is 1. The Balaban J connectivity index is 1.72. The quantitative estimate of drug-likeness (QED) is 0.787. The minimum atomic E-state index is -0.415. The molecule has 4 nitrogen and oxygen atoms in total. The molecule has 23 heavy (non-hydrogen) atoms. The van der Waals surface area contributed by atoms with Crippen molar-refractivity contribution in [2.24, 2.45) is 0 Å². The number of hydrogen-bond donors (Lipinski definition) is 2. The van der Waals surface area contributed by atoms with E-state index in [2.05, 4.69) is 24.5 Å². The third kappa shape index (κ3) is 5.29. The molecule has 0 aliphatic carbocycles. The van der Waals surface area contributed by atoms with Gasteiger partial charge in [-0.15, -0.1) is 0 Å². The number of benzene rings is 2. The van der Waals surface area contributed by atoms with Crippen LogP contribution in [0.15, 0.2) is 48.5 Å². The Morgan fingerprint density at radius 2 is 1.83 bits per heavy atom. The molecule has 0 heterocycles. The van der Waals surface area contributed by atoms with E-state index in [0.29, 0.717) is 5.92 Å². The fourth-order valence-corrected chi connectivity index (χ4v) is 2.01. The largest absolute Gasteiger partial charge is 0.489 e. The molecular formula is C18H21FN2O2. The summed E-state index contributed by atoms with van der Waals surface area (Å²) in [4.78, 5) is 11.8. The van der Waals surface area contributed by atoms with Crippen LogP contribution in [0.4, 0.5) is 14.9 Å². The van der Waals surface area contributed by atoms with Crippen LogP contribution >= 0.6 is 0 Å². The molecule has 0 aliphatic heterocycles. The lowest BCUT2D eigenvalue weighted by molar-refractivity contribution is 0.246. The van der Waals surface area contributed by atoms with Gasteiger partial charge in [0.2, 0.25) is 0 Å². The second-order valence-corrected chi connectivity index (χ2v) is 5.44. The van der Waals surface area contributed by atoms with Crippen LogP contribution < -0.4 is 15.4 Å². The first-order valence-corrected chi connectivity index (χ1v) is 7.58. The average molecular weight is 316 g/mol. The summed E-state index contributed by atoms with van der Waals surface area (Å²) >= 11 is 0. The van der Waals surface area contributed by atoms with Crippen molar-refractivity contribution in [1.29, 1.82) is 0 Å². The van der Waals surface area contributed by atoms with Gasteiger partial charge in [-0.05, 0) is 35.7 Å². The van der Waals surface area contributed by atoms with E-state index in [1.807, 2.05) is 24.3 Å². The van der Waals surface area contributed by atoms with Gasteiger partial charge in [0, 0.05) is 5.69 Å². The molecule has 0 aliphatic rings. The second kappa shape index (κ2) is 8.17. The van der Waals surface area contributed by atoms with Gasteiger partial charge in [0.05, 0.1) is 6.54 Å². The number of ether oxygens (including phenoxy) is 1. The summed E-state index contributed by atoms with van der Waals surface area (Å²) in [5, 5.41) is 5.40. The zero-order valence-corrected chi connectivity index (χ0v) is 13.3. The number of para-hydroxylation sites is 1. The SMILES string of the molecule is CC(C)c1ccc(NC(=O)NCCOc2ccccc2F)cc1. The van der Waals surface area contributed by atoms with Gasteiger partial charge in [-0.3, -0.25) is 0 Å². The highest BCUT2D eigenvalue weighted by molar-refractivity contribution is 5.89. The molecule has 5 heteroatoms. The lowest BCUT2D eigenvalue weighted by Crippen LogP contribution is -2.32. The van der Waals surface area contributed by atoms with E-state index < -0.39 is 5.82 Å². The summed E-state index contributed by atoms with van der Waals surface area (Å²) < 4.78 is 18.6. The standard InChI is InChI=1S/C18H21FN2O2/c1-13(2)14-7-9-15(10-8-14)21-18(22)20-11-12-23-17-6-4-3-5-16(17)19/h3-10,13H,11-12H2,1-2H3,(H2,20,21,22). The Morgan fingerprint density at radius 1 is 1.13 bits per heavy atom. The highest BCUT2D eigenvalue weighted by Crippen LogP contribution is 2.17. The smallest absolute Gasteiger partial charge is 0.319 e. The predicted molar refractivity (Wildman–Crippen MR) is 89.4 cm³/mol. The summed E-state index contributed by atoms with van der Waals surface area (Å²) in [5.41, 5.74) is 1.94. The first kappa shape index (κ1) is 16.8. The number of hydrogen-bond acceptors (Lipinski definition) is 2. The van der Waals surface area contributed by atoms with Crippen molar-refractivity contribution in [1.82, 2.24) is 5.32 Å². The maximum atomic E-state index is 13.3. The number of anilines is 1. The topological polar surface area (TPSA) is 50.4 Å². The Morgan fingerprint density at radius 3 is 2.48 bits per heavy atom. The molecule has 2 rings (SSSR count). The third-order valence-corrected chi connectivity index (χ3v) is 3.32. The first-order valence-electron chi connectivity index (χ1n) is 7.58. The van der Waals surface area contributed by atoms with Gasteiger partial charge in [0.25, 0.3) is 0 Å². The maximum absolute atomic E-state index is 13.3. The molecule has 2 N–H and O–H groups in total. The van der Waals surface area contributed by atoms with Crippen LogP contribution in [0.5, 0.6) is 5.75 Å². The molecule has 0 radical (unpaired) electrons. The van der Waals surface area contributed by atoms with Crippen molar-refractivity contribution in [2.45, 2.75) is 19.8 Å². The van der Waals surface area contributed by atoms with Gasteiger partial charge >= 0.3 is 6.03 Å². The van der Waals surface area contributed by atoms with Crippen LogP contribution in [-0.4, -0.2) is 19.2 Å². The average Bonchev–Trinajstić information content (AvgIpc) is 2.53. The predicted octanol–water partition coefficient (Wildman–Crippen LogP) is 4.15. The maximum Gasteiger partial charge on any atom is 0.319 e. The third-order valence-electron chi connectivity index (χ3n) is 3.32. The van der Waals surface area contributed by atoms with Crippen molar-refractivity contribution < 1.29 is 13.9 Å². The number of halogens is 1. The minimum absolute atomic E-state index is 0.180. The van der Waals surface area contributed by atoms with E-state index in [-0.39, 0.29) is 24.9 Å². The fraction of sp³-hybridized carbons (Fsp3) is 0.278. The highest BCUT2D eigenvalue weighted by atomic mass is 19.1. The molecule has 122 valence electrons. The van der Waals surface area contributed by atoms with Crippen LogP contribution in [0.2, 0.25) is 0 Å². The molecule has 0 fully saturated rings. The molecule has 0 saturated carbocycles. The van der Waals surface area contributed by atoms with Crippen molar-refractivity contribution in [2.75, 3.05) is 18.5 Å². The Hall–Kier alpha value is -2.56. The highest BCUT2D eigenvalue weighted by Gasteiger charge is 2.04. The molecule has 0 unspecified atom stereocenters. The molecule has 0 aromatic heterocycles. The van der Waals surface area contributed by atoms with E-state index in [1.54, 1.807) is 18.2 Å². The van der Waals surface area contributed by atoms with Crippen LogP contribution in [0.1, 0.15) is 25.3 Å². The molecule has 2 aromatic carbocycles. The van der Waals surface area contributed by atoms with Crippen molar-refractivity contribution in [3.05, 3.63) is 59.9 Å². The molecule has 0 atom stereocenters. The van der Waals surface area contributed by atoms with E-state index >= 15 is 0 Å². The normalized spacial score (nSPS) is 10.4. The number of carbonyl (C=O) groups excluding carboxylic acids is 1. The van der Waals surface area contributed by atoms with Crippen LogP contribution in [0, 0.1) is 5.82 Å². The van der Waals surface area contributed by atoms with E-state index in [0.717, 1.165) is 5.69 Å². The van der Waals surface area contributed by atoms with Crippen molar-refractivity contribution >= 4 is 11.7 Å². The summed E-state index contributed by atoms with van der Waals surface area (Å²) in [5.74, 6) is 0.217. The van der Waals surface area contributed by atoms with Crippen molar-refractivity contribution in [3.8, 4) is 5.75 Å². The van der Waals surface area contributed by atoms with E-state index in [4.69, 9.17) is 4.74 Å². The minimum Gasteiger partial charge on any atom is -0.489 e. The summed E-state index contributed by atoms with van der Waals surface area (Å²) in [6.07, 6.45) is 0. The van der Waals surface area contributed by atoms with Gasteiger partial charge in [-0.1, -0.05) is 38.1 Å². The molecule has 2 amide bonds. The van der Waals surface area contributed by atoms with Gasteiger partial charge < -0.3 is 15.4 Å². The summed E-state index contributed by atoms with van der Waals surface area (Å²) in [6.45, 7) is 4.71. The van der Waals surface area contributed by atoms with Crippen LogP contribution in [0.25, 0.3) is 0 Å². The Kier molecular flexibility index (Phi) is 5.97. The lowest BCUT2D eigenvalue weighted by Gasteiger charge is -2.10. The Labute approximate surface area is 135 Å². The summed E-state index contributed by atoms with van der Waals surface area (Å²) in [7, 11) is 0. The second-order valence-electron chi connectivity index (χ2n) is 5.44. The molecule has 2 aromatic rings. The van der Waals surface area contributed by atoms with E-state index in [9.17, 15) is 9.18 Å². The monoisotopic (exact) mass is 316 g/mol. The number of nitrogens with one attached hydrogen (secondary N) is 2. The first-order chi connectivity index (χ1) is 11.1. The zero-order valence-electron chi connectivity index (χ0n) is 13.3. The Bertz CT molecular complexity index is 642. The molecular weight excluding hydrogens is 295 g/mol. The van der Waals surface area contributed by atoms with Gasteiger partial charge in [0.15, 0.2) is 11.6 Å². The summed E-state index contributed by atoms with van der Waals surface area (Å²) in [6, 6.07) is 13.6. The molecule has 0 saturated heterocycles. The lowest BCUT2D eigenvalue weighted by atomic mass is 10.0. The van der Waals surface area contributed by atoms with Gasteiger partial charge in [-0.25, -0.2) is 9.18 Å². The fourth-order valence-electron chi connectivity index (χ4n) is 2.01. The number of amides is 2. The van der Waals surface area contributed by atoms with Gasteiger partial charge in [-0.2, -0.15) is 0 Å². The van der Waals surface area contributed by atoms with Gasteiger partial charge in [0.1, 0.15) is 6.61 Å². The van der Waals surface area contributed by atoms with Crippen molar-refractivity contribution in [3.63, 3.8) is 0 Å². The number of rotatable bonds is 6. The number of urea groups is 1. The van der Waals surface area contributed by atoms with Crippen LogP contribution in [0.3, 0.4) is 0 Å². The van der Waals surface area contributed by atoms with E-state index in [1.165, 1.54) is 11.6 Å². The molecule has 0 spiro atoms. The molecule has 0 bridgehead atoms. The van der Waals surface area contributed by atoms with Crippen LogP contribution in [-0.2, 0) is 0 Å². The zero-order chi connectivity index (χ0) is 16.7.